The molecule has 304 valence electrons. The van der Waals surface area contributed by atoms with Gasteiger partial charge >= 0.3 is 0 Å². The smallest absolute Gasteiger partial charge is 0.216 e. The summed E-state index contributed by atoms with van der Waals surface area (Å²) < 4.78 is 16.4. The Morgan fingerprint density at radius 2 is 0.613 bits per heavy atom. The number of ether oxygens (including phenoxy) is 3. The van der Waals surface area contributed by atoms with E-state index in [0.29, 0.717) is 5.56 Å². The predicted octanol–water partition coefficient (Wildman–Crippen LogP) is 13.1. The number of thiol groups is 1. The Bertz CT molecular complexity index is 2800. The van der Waals surface area contributed by atoms with Crippen molar-refractivity contribution in [1.82, 2.24) is 0 Å². The number of fused-ring (bicyclic) bond motifs is 10. The van der Waals surface area contributed by atoms with Crippen LogP contribution in [0, 0.1) is 0 Å². The molecule has 0 aromatic heterocycles. The standard InChI is InChI=1S/C53H42N4O4S/c1-59-41-18-8-34(9-19-41)55-38-15-25-45-44-24-14-37(54-33-6-4-32(5-7-33)52(58)62)28-48(44)53(49(45)29-38)50-30-39(56-35-10-20-42(60-2)21-11-35)16-26-46(50)47-27-17-40(31-51(47)53)57-36-12-22-43(61-3)23-13-36/h4-31,54-57H,1-3H3,(H,58,62). The molecule has 0 fully saturated rings. The maximum atomic E-state index is 12.0. The van der Waals surface area contributed by atoms with Crippen LogP contribution in [0.15, 0.2) is 170 Å². The van der Waals surface area contributed by atoms with Gasteiger partial charge in [-0.2, -0.15) is 0 Å². The molecule has 9 heteroatoms. The highest BCUT2D eigenvalue weighted by Crippen LogP contribution is 2.64. The first-order chi connectivity index (χ1) is 30.3. The van der Waals surface area contributed by atoms with Crippen LogP contribution in [-0.4, -0.2) is 26.4 Å². The number of hydrogen-bond donors (Lipinski definition) is 5. The molecule has 0 aliphatic heterocycles. The average molecular weight is 831 g/mol. The molecular formula is C53H42N4O4S. The van der Waals surface area contributed by atoms with E-state index >= 15 is 0 Å². The molecule has 2 aliphatic rings. The predicted molar refractivity (Wildman–Crippen MR) is 255 cm³/mol. The largest absolute Gasteiger partial charge is 0.497 e. The quantitative estimate of drug-likeness (QED) is 0.0778. The van der Waals surface area contributed by atoms with Crippen LogP contribution in [0.2, 0.25) is 0 Å². The molecule has 2 aliphatic carbocycles. The maximum absolute atomic E-state index is 12.0. The van der Waals surface area contributed by atoms with Gasteiger partial charge in [-0.3, -0.25) is 4.79 Å². The monoisotopic (exact) mass is 830 g/mol. The fourth-order valence-electron chi connectivity index (χ4n) is 8.92. The van der Waals surface area contributed by atoms with Gasteiger partial charge in [0, 0.05) is 51.1 Å². The van der Waals surface area contributed by atoms with Crippen molar-refractivity contribution in [2.75, 3.05) is 42.6 Å². The van der Waals surface area contributed by atoms with Crippen LogP contribution in [0.5, 0.6) is 17.2 Å². The highest BCUT2D eigenvalue weighted by atomic mass is 32.1. The maximum Gasteiger partial charge on any atom is 0.216 e. The molecule has 0 amide bonds. The SMILES string of the molecule is COc1ccc(Nc2ccc3c(c2)C2(c4cc(Nc5ccc(OC)cc5)ccc4-3)c3cc(Nc4ccc(OC)cc4)ccc3-c3ccc(Nc4ccc(C(=O)S)cc4)cc32)cc1. The fourth-order valence-corrected chi connectivity index (χ4v) is 9.07. The van der Waals surface area contributed by atoms with Gasteiger partial charge in [-0.15, -0.1) is 12.6 Å². The van der Waals surface area contributed by atoms with Crippen molar-refractivity contribution >= 4 is 63.2 Å². The minimum atomic E-state index is -0.734. The summed E-state index contributed by atoms with van der Waals surface area (Å²) in [7, 11) is 5.03. The number of methoxy groups -OCH3 is 3. The number of hydrogen-bond acceptors (Lipinski definition) is 8. The Hall–Kier alpha value is -7.62. The third-order valence-corrected chi connectivity index (χ3v) is 12.1. The van der Waals surface area contributed by atoms with Crippen molar-refractivity contribution in [3.05, 3.63) is 198 Å². The lowest BCUT2D eigenvalue weighted by Crippen LogP contribution is -2.26. The zero-order valence-corrected chi connectivity index (χ0v) is 35.1. The Morgan fingerprint density at radius 1 is 0.371 bits per heavy atom. The van der Waals surface area contributed by atoms with Crippen molar-refractivity contribution in [1.29, 1.82) is 0 Å². The lowest BCUT2D eigenvalue weighted by atomic mass is 9.70. The van der Waals surface area contributed by atoms with E-state index in [2.05, 4.69) is 107 Å². The summed E-state index contributed by atoms with van der Waals surface area (Å²) >= 11 is 4.02. The van der Waals surface area contributed by atoms with E-state index < -0.39 is 5.41 Å². The van der Waals surface area contributed by atoms with Gasteiger partial charge in [0.25, 0.3) is 0 Å². The van der Waals surface area contributed by atoms with Crippen LogP contribution >= 0.6 is 12.6 Å². The highest BCUT2D eigenvalue weighted by molar-refractivity contribution is 7.97. The summed E-state index contributed by atoms with van der Waals surface area (Å²) in [4.78, 5) is 12.0. The molecule has 0 bridgehead atoms. The molecule has 8 aromatic carbocycles. The van der Waals surface area contributed by atoms with Crippen molar-refractivity contribution in [3.8, 4) is 39.5 Å². The lowest BCUT2D eigenvalue weighted by Gasteiger charge is -2.32. The highest BCUT2D eigenvalue weighted by Gasteiger charge is 2.52. The zero-order valence-electron chi connectivity index (χ0n) is 34.2. The van der Waals surface area contributed by atoms with Gasteiger partial charge in [-0.25, -0.2) is 0 Å². The average Bonchev–Trinajstić information content (AvgIpc) is 3.75. The fraction of sp³-hybridized carbons (Fsp3) is 0.0755. The molecule has 62 heavy (non-hydrogen) atoms. The zero-order chi connectivity index (χ0) is 42.4. The number of carbonyl (C=O) groups excluding carboxylic acids is 1. The van der Waals surface area contributed by atoms with Gasteiger partial charge in [0.2, 0.25) is 5.12 Å². The third-order valence-electron chi connectivity index (χ3n) is 11.8. The van der Waals surface area contributed by atoms with Crippen molar-refractivity contribution in [2.45, 2.75) is 5.41 Å². The second-order valence-electron chi connectivity index (χ2n) is 15.4. The van der Waals surface area contributed by atoms with Crippen LogP contribution < -0.4 is 35.5 Å². The second kappa shape index (κ2) is 15.8. The molecular weight excluding hydrogens is 789 g/mol. The Labute approximate surface area is 366 Å². The summed E-state index contributed by atoms with van der Waals surface area (Å²) in [6.45, 7) is 0. The van der Waals surface area contributed by atoms with Gasteiger partial charge in [0.15, 0.2) is 0 Å². The summed E-state index contributed by atoms with van der Waals surface area (Å²) in [5, 5.41) is 14.4. The molecule has 0 radical (unpaired) electrons. The van der Waals surface area contributed by atoms with E-state index in [1.807, 2.05) is 84.9 Å². The van der Waals surface area contributed by atoms with Gasteiger partial charge in [0.05, 0.1) is 26.7 Å². The molecule has 8 nitrogen and oxygen atoms in total. The van der Waals surface area contributed by atoms with E-state index in [1.165, 1.54) is 16.7 Å². The third kappa shape index (κ3) is 6.82. The summed E-state index contributed by atoms with van der Waals surface area (Å²) in [6.07, 6.45) is 0. The number of anilines is 8. The second-order valence-corrected chi connectivity index (χ2v) is 15.8. The Morgan fingerprint density at radius 3 is 0.855 bits per heavy atom. The molecule has 0 saturated heterocycles. The number of rotatable bonds is 12. The Balaban J connectivity index is 1.18. The Kier molecular flexibility index (Phi) is 9.81. The number of benzene rings is 8. The van der Waals surface area contributed by atoms with Crippen LogP contribution in [0.1, 0.15) is 32.6 Å². The number of carbonyl (C=O) groups is 1. The van der Waals surface area contributed by atoms with Crippen LogP contribution in [0.25, 0.3) is 22.3 Å². The van der Waals surface area contributed by atoms with Gasteiger partial charge in [0.1, 0.15) is 17.2 Å². The summed E-state index contributed by atoms with van der Waals surface area (Å²) in [5.41, 5.74) is 16.7. The van der Waals surface area contributed by atoms with Crippen molar-refractivity contribution in [3.63, 3.8) is 0 Å². The van der Waals surface area contributed by atoms with E-state index in [4.69, 9.17) is 14.2 Å². The van der Waals surface area contributed by atoms with Gasteiger partial charge in [-0.1, -0.05) is 24.3 Å². The van der Waals surface area contributed by atoms with Crippen LogP contribution in [0.4, 0.5) is 45.5 Å². The topological polar surface area (TPSA) is 92.9 Å². The minimum Gasteiger partial charge on any atom is -0.497 e. The first-order valence-electron chi connectivity index (χ1n) is 20.3. The van der Waals surface area contributed by atoms with Crippen LogP contribution in [-0.2, 0) is 5.41 Å². The van der Waals surface area contributed by atoms with E-state index in [-0.39, 0.29) is 5.12 Å². The first-order valence-corrected chi connectivity index (χ1v) is 20.7. The van der Waals surface area contributed by atoms with E-state index in [0.717, 1.165) is 90.6 Å². The molecule has 10 rings (SSSR count). The van der Waals surface area contributed by atoms with Gasteiger partial charge < -0.3 is 35.5 Å². The molecule has 8 aromatic rings. The molecule has 0 saturated carbocycles. The molecule has 0 atom stereocenters. The minimum absolute atomic E-state index is 0.269. The summed E-state index contributed by atoms with van der Waals surface area (Å²) in [5.74, 6) is 2.39. The normalized spacial score (nSPS) is 12.4. The van der Waals surface area contributed by atoms with E-state index in [1.54, 1.807) is 33.5 Å². The summed E-state index contributed by atoms with van der Waals surface area (Å²) in [6, 6.07) is 58.1. The van der Waals surface area contributed by atoms with E-state index in [9.17, 15) is 4.79 Å². The molecule has 0 unspecified atom stereocenters. The molecule has 4 N–H and O–H groups in total. The van der Waals surface area contributed by atoms with Crippen molar-refractivity contribution < 1.29 is 19.0 Å². The first kappa shape index (κ1) is 38.6. The molecule has 1 spiro atoms. The van der Waals surface area contributed by atoms with Crippen molar-refractivity contribution in [2.24, 2.45) is 0 Å². The van der Waals surface area contributed by atoms with Crippen LogP contribution in [0.3, 0.4) is 0 Å². The number of nitrogens with one attached hydrogen (secondary N) is 4. The van der Waals surface area contributed by atoms with Gasteiger partial charge in [-0.05, 0) is 190 Å². The lowest BCUT2D eigenvalue weighted by molar-refractivity contribution is 0.109. The molecule has 0 heterocycles.